The maximum atomic E-state index is 12.3. The van der Waals surface area contributed by atoms with E-state index in [2.05, 4.69) is 22.3 Å². The van der Waals surface area contributed by atoms with Crippen molar-refractivity contribution in [2.24, 2.45) is 0 Å². The zero-order chi connectivity index (χ0) is 17.6. The number of hydrogen-bond acceptors (Lipinski definition) is 3. The fourth-order valence-electron chi connectivity index (χ4n) is 2.84. The van der Waals surface area contributed by atoms with Crippen LogP contribution in [0.15, 0.2) is 54.6 Å². The Kier molecular flexibility index (Phi) is 5.56. The highest BCUT2D eigenvalue weighted by Gasteiger charge is 2.22. The molecular formula is C19H20ClN3O2. The molecule has 0 aliphatic carbocycles. The molecule has 1 aliphatic heterocycles. The number of piperazine rings is 1. The van der Waals surface area contributed by atoms with Crippen molar-refractivity contribution in [2.75, 3.05) is 36.4 Å². The Labute approximate surface area is 152 Å². The Morgan fingerprint density at radius 1 is 0.920 bits per heavy atom. The van der Waals surface area contributed by atoms with E-state index in [0.29, 0.717) is 23.8 Å². The highest BCUT2D eigenvalue weighted by Crippen LogP contribution is 2.16. The molecule has 25 heavy (non-hydrogen) atoms. The third-order valence-corrected chi connectivity index (χ3v) is 4.45. The van der Waals surface area contributed by atoms with Gasteiger partial charge in [0, 0.05) is 42.6 Å². The number of rotatable bonds is 4. The number of nitrogens with zero attached hydrogens (tertiary/aromatic N) is 2. The lowest BCUT2D eigenvalue weighted by Gasteiger charge is -2.36. The highest BCUT2D eigenvalue weighted by molar-refractivity contribution is 6.30. The first kappa shape index (κ1) is 17.3. The Hall–Kier alpha value is -2.53. The first-order valence-electron chi connectivity index (χ1n) is 8.25. The zero-order valence-electron chi connectivity index (χ0n) is 13.8. The molecule has 5 nitrogen and oxygen atoms in total. The smallest absolute Gasteiger partial charge is 0.233 e. The van der Waals surface area contributed by atoms with E-state index < -0.39 is 0 Å². The fourth-order valence-corrected chi connectivity index (χ4v) is 2.97. The lowest BCUT2D eigenvalue weighted by molar-refractivity contribution is -0.134. The van der Waals surface area contributed by atoms with E-state index in [4.69, 9.17) is 11.6 Å². The molecule has 0 bridgehead atoms. The Bertz CT molecular complexity index is 726. The van der Waals surface area contributed by atoms with Crippen LogP contribution in [0.4, 0.5) is 11.4 Å². The van der Waals surface area contributed by atoms with Crippen LogP contribution < -0.4 is 10.2 Å². The monoisotopic (exact) mass is 357 g/mol. The van der Waals surface area contributed by atoms with E-state index in [1.165, 1.54) is 0 Å². The van der Waals surface area contributed by atoms with E-state index in [1.807, 2.05) is 18.2 Å². The van der Waals surface area contributed by atoms with E-state index in [1.54, 1.807) is 29.2 Å². The van der Waals surface area contributed by atoms with Crippen LogP contribution in [0.3, 0.4) is 0 Å². The summed E-state index contributed by atoms with van der Waals surface area (Å²) in [5, 5.41) is 3.32. The van der Waals surface area contributed by atoms with Crippen LogP contribution in [-0.2, 0) is 9.59 Å². The summed E-state index contributed by atoms with van der Waals surface area (Å²) in [6.45, 7) is 2.80. The van der Waals surface area contributed by atoms with Crippen LogP contribution in [0.2, 0.25) is 5.02 Å². The van der Waals surface area contributed by atoms with E-state index in [-0.39, 0.29) is 18.2 Å². The summed E-state index contributed by atoms with van der Waals surface area (Å²) in [6, 6.07) is 17.0. The number of hydrogen-bond donors (Lipinski definition) is 1. The van der Waals surface area contributed by atoms with Gasteiger partial charge in [0.15, 0.2) is 0 Å². The third kappa shape index (κ3) is 4.73. The van der Waals surface area contributed by atoms with Gasteiger partial charge in [-0.15, -0.1) is 0 Å². The number of halogens is 1. The average Bonchev–Trinajstić information content (AvgIpc) is 2.64. The molecule has 2 aromatic rings. The molecule has 1 N–H and O–H groups in total. The molecule has 1 aliphatic rings. The van der Waals surface area contributed by atoms with Crippen LogP contribution in [0.1, 0.15) is 6.42 Å². The molecule has 0 aromatic heterocycles. The topological polar surface area (TPSA) is 52.7 Å². The van der Waals surface area contributed by atoms with E-state index in [0.717, 1.165) is 18.8 Å². The molecule has 3 rings (SSSR count). The molecule has 1 fully saturated rings. The Balaban J connectivity index is 1.47. The van der Waals surface area contributed by atoms with Crippen LogP contribution in [0.25, 0.3) is 0 Å². The van der Waals surface area contributed by atoms with Gasteiger partial charge in [-0.05, 0) is 36.4 Å². The van der Waals surface area contributed by atoms with Gasteiger partial charge in [-0.1, -0.05) is 29.8 Å². The van der Waals surface area contributed by atoms with Gasteiger partial charge in [0.2, 0.25) is 11.8 Å². The van der Waals surface area contributed by atoms with Crippen LogP contribution in [0, 0.1) is 0 Å². The molecule has 1 heterocycles. The summed E-state index contributed by atoms with van der Waals surface area (Å²) in [5.41, 5.74) is 1.80. The number of anilines is 2. The molecule has 0 atom stereocenters. The first-order chi connectivity index (χ1) is 12.1. The number of amides is 2. The van der Waals surface area contributed by atoms with Crippen LogP contribution in [0.5, 0.6) is 0 Å². The molecule has 2 amide bonds. The largest absolute Gasteiger partial charge is 0.368 e. The molecule has 2 aromatic carbocycles. The van der Waals surface area contributed by atoms with E-state index in [9.17, 15) is 9.59 Å². The highest BCUT2D eigenvalue weighted by atomic mass is 35.5. The predicted molar refractivity (Wildman–Crippen MR) is 99.9 cm³/mol. The van der Waals surface area contributed by atoms with Gasteiger partial charge >= 0.3 is 0 Å². The second-order valence-corrected chi connectivity index (χ2v) is 6.37. The van der Waals surface area contributed by atoms with Crippen LogP contribution in [-0.4, -0.2) is 42.9 Å². The first-order valence-corrected chi connectivity index (χ1v) is 8.63. The van der Waals surface area contributed by atoms with Gasteiger partial charge in [-0.25, -0.2) is 0 Å². The van der Waals surface area contributed by atoms with Crippen molar-refractivity contribution in [3.8, 4) is 0 Å². The summed E-state index contributed by atoms with van der Waals surface area (Å²) in [7, 11) is 0. The number of benzene rings is 2. The van der Waals surface area contributed by atoms with Gasteiger partial charge in [0.05, 0.1) is 0 Å². The number of nitrogens with one attached hydrogen (secondary N) is 1. The summed E-state index contributed by atoms with van der Waals surface area (Å²) in [5.74, 6) is -0.447. The molecule has 0 spiro atoms. The van der Waals surface area contributed by atoms with Crippen molar-refractivity contribution in [2.45, 2.75) is 6.42 Å². The van der Waals surface area contributed by atoms with Crippen molar-refractivity contribution in [1.82, 2.24) is 4.90 Å². The molecule has 1 saturated heterocycles. The Morgan fingerprint density at radius 2 is 1.56 bits per heavy atom. The lowest BCUT2D eigenvalue weighted by Crippen LogP contribution is -2.49. The minimum Gasteiger partial charge on any atom is -0.368 e. The van der Waals surface area contributed by atoms with Gasteiger partial charge in [-0.3, -0.25) is 9.59 Å². The van der Waals surface area contributed by atoms with Crippen molar-refractivity contribution >= 4 is 34.8 Å². The van der Waals surface area contributed by atoms with Gasteiger partial charge in [0.1, 0.15) is 6.42 Å². The number of carbonyl (C=O) groups excluding carboxylic acids is 2. The molecule has 0 saturated carbocycles. The second-order valence-electron chi connectivity index (χ2n) is 5.94. The van der Waals surface area contributed by atoms with Crippen LogP contribution >= 0.6 is 11.6 Å². The molecular weight excluding hydrogens is 338 g/mol. The molecule has 6 heteroatoms. The molecule has 0 unspecified atom stereocenters. The van der Waals surface area contributed by atoms with Crippen molar-refractivity contribution < 1.29 is 9.59 Å². The second kappa shape index (κ2) is 8.03. The average molecular weight is 358 g/mol. The van der Waals surface area contributed by atoms with E-state index >= 15 is 0 Å². The maximum Gasteiger partial charge on any atom is 0.233 e. The van der Waals surface area contributed by atoms with Crippen molar-refractivity contribution in [1.29, 1.82) is 0 Å². The predicted octanol–water partition coefficient (Wildman–Crippen LogP) is 3.02. The summed E-state index contributed by atoms with van der Waals surface area (Å²) in [6.07, 6.45) is -0.145. The minimum atomic E-state index is -0.308. The fraction of sp³-hybridized carbons (Fsp3) is 0.263. The van der Waals surface area contributed by atoms with Crippen molar-refractivity contribution in [3.63, 3.8) is 0 Å². The molecule has 0 radical (unpaired) electrons. The maximum absolute atomic E-state index is 12.3. The van der Waals surface area contributed by atoms with Gasteiger partial charge in [-0.2, -0.15) is 0 Å². The number of carbonyl (C=O) groups is 2. The standard InChI is InChI=1S/C19H20ClN3O2/c20-15-6-8-16(9-7-15)21-18(24)14-19(25)23-12-10-22(11-13-23)17-4-2-1-3-5-17/h1-9H,10-14H2,(H,21,24). The van der Waals surface area contributed by atoms with Gasteiger partial charge < -0.3 is 15.1 Å². The minimum absolute atomic E-state index is 0.140. The zero-order valence-corrected chi connectivity index (χ0v) is 14.6. The lowest BCUT2D eigenvalue weighted by atomic mass is 10.2. The summed E-state index contributed by atoms with van der Waals surface area (Å²) >= 11 is 5.81. The SMILES string of the molecule is O=C(CC(=O)N1CCN(c2ccccc2)CC1)Nc1ccc(Cl)cc1. The summed E-state index contributed by atoms with van der Waals surface area (Å²) in [4.78, 5) is 28.4. The van der Waals surface area contributed by atoms with Gasteiger partial charge in [0.25, 0.3) is 0 Å². The summed E-state index contributed by atoms with van der Waals surface area (Å²) < 4.78 is 0. The quantitative estimate of drug-likeness (QED) is 0.856. The Morgan fingerprint density at radius 3 is 2.20 bits per heavy atom. The molecule has 130 valence electrons. The van der Waals surface area contributed by atoms with Crippen molar-refractivity contribution in [3.05, 3.63) is 59.6 Å². The third-order valence-electron chi connectivity index (χ3n) is 4.19. The number of para-hydroxylation sites is 1. The normalized spacial score (nSPS) is 14.3.